The number of nitrogens with one attached hydrogen (secondary N) is 1. The molecular formula is C14H28N2O3. The van der Waals surface area contributed by atoms with E-state index in [1.54, 1.807) is 6.92 Å². The molecule has 1 fully saturated rings. The SMILES string of the molecule is CCOCCN(C)C(C)CC(C)(NC1CC1)C(=O)O. The fourth-order valence-corrected chi connectivity index (χ4v) is 2.21. The van der Waals surface area contributed by atoms with E-state index >= 15 is 0 Å². The molecule has 0 aromatic carbocycles. The summed E-state index contributed by atoms with van der Waals surface area (Å²) < 4.78 is 5.33. The highest BCUT2D eigenvalue weighted by molar-refractivity contribution is 5.78. The number of aliphatic carboxylic acids is 1. The molecule has 0 spiro atoms. The number of carboxylic acid groups (broad SMARTS) is 1. The minimum atomic E-state index is -0.833. The Hall–Kier alpha value is -0.650. The highest BCUT2D eigenvalue weighted by atomic mass is 16.5. The lowest BCUT2D eigenvalue weighted by Gasteiger charge is -2.33. The number of nitrogens with zero attached hydrogens (tertiary/aromatic N) is 1. The molecule has 5 nitrogen and oxygen atoms in total. The van der Waals surface area contributed by atoms with Crippen molar-refractivity contribution >= 4 is 5.97 Å². The molecule has 19 heavy (non-hydrogen) atoms. The second-order valence-corrected chi connectivity index (χ2v) is 5.79. The van der Waals surface area contributed by atoms with Crippen molar-refractivity contribution in [1.82, 2.24) is 10.2 Å². The van der Waals surface area contributed by atoms with Crippen LogP contribution in [-0.4, -0.2) is 60.4 Å². The Balaban J connectivity index is 2.45. The lowest BCUT2D eigenvalue weighted by atomic mass is 9.93. The predicted molar refractivity (Wildman–Crippen MR) is 75.4 cm³/mol. The maximum Gasteiger partial charge on any atom is 0.323 e. The Morgan fingerprint density at radius 2 is 2.21 bits per heavy atom. The van der Waals surface area contributed by atoms with Gasteiger partial charge in [-0.25, -0.2) is 0 Å². The van der Waals surface area contributed by atoms with Gasteiger partial charge in [-0.3, -0.25) is 10.1 Å². The van der Waals surface area contributed by atoms with E-state index in [4.69, 9.17) is 4.74 Å². The minimum Gasteiger partial charge on any atom is -0.480 e. The molecule has 1 saturated carbocycles. The van der Waals surface area contributed by atoms with Gasteiger partial charge in [-0.15, -0.1) is 0 Å². The first kappa shape index (κ1) is 16.4. The molecule has 0 bridgehead atoms. The first-order chi connectivity index (χ1) is 8.89. The van der Waals surface area contributed by atoms with Gasteiger partial charge in [0.2, 0.25) is 0 Å². The van der Waals surface area contributed by atoms with Crippen LogP contribution in [0.5, 0.6) is 0 Å². The molecule has 2 atom stereocenters. The molecule has 5 heteroatoms. The van der Waals surface area contributed by atoms with Gasteiger partial charge in [-0.2, -0.15) is 0 Å². The van der Waals surface area contributed by atoms with Crippen LogP contribution in [0, 0.1) is 0 Å². The molecule has 1 rings (SSSR count). The van der Waals surface area contributed by atoms with Crippen LogP contribution in [0.4, 0.5) is 0 Å². The fraction of sp³-hybridized carbons (Fsp3) is 0.929. The summed E-state index contributed by atoms with van der Waals surface area (Å²) >= 11 is 0. The number of hydrogen-bond donors (Lipinski definition) is 2. The molecule has 0 aromatic rings. The Labute approximate surface area is 116 Å². The molecule has 1 aliphatic rings. The molecule has 1 aliphatic carbocycles. The van der Waals surface area contributed by atoms with Crippen molar-refractivity contribution in [3.8, 4) is 0 Å². The normalized spacial score (nSPS) is 20.3. The first-order valence-corrected chi connectivity index (χ1v) is 7.18. The van der Waals surface area contributed by atoms with E-state index in [0.29, 0.717) is 19.1 Å². The standard InChI is InChI=1S/C14H28N2O3/c1-5-19-9-8-16(4)11(2)10-14(3,13(17)18)15-12-6-7-12/h11-12,15H,5-10H2,1-4H3,(H,17,18). The summed E-state index contributed by atoms with van der Waals surface area (Å²) in [7, 11) is 2.02. The Bertz CT molecular complexity index is 294. The van der Waals surface area contributed by atoms with Gasteiger partial charge in [0.15, 0.2) is 0 Å². The molecule has 0 aromatic heterocycles. The van der Waals surface area contributed by atoms with Gasteiger partial charge >= 0.3 is 5.97 Å². The van der Waals surface area contributed by atoms with Crippen LogP contribution >= 0.6 is 0 Å². The summed E-state index contributed by atoms with van der Waals surface area (Å²) in [6.07, 6.45) is 2.79. The summed E-state index contributed by atoms with van der Waals surface area (Å²) in [5.74, 6) is -0.760. The van der Waals surface area contributed by atoms with Crippen LogP contribution in [0.3, 0.4) is 0 Å². The lowest BCUT2D eigenvalue weighted by molar-refractivity contribution is -0.145. The highest BCUT2D eigenvalue weighted by Gasteiger charge is 2.39. The summed E-state index contributed by atoms with van der Waals surface area (Å²) in [5.41, 5.74) is -0.833. The van der Waals surface area contributed by atoms with Crippen molar-refractivity contribution in [1.29, 1.82) is 0 Å². The zero-order chi connectivity index (χ0) is 14.5. The van der Waals surface area contributed by atoms with Gasteiger partial charge in [-0.05, 0) is 47.1 Å². The number of rotatable bonds is 10. The zero-order valence-electron chi connectivity index (χ0n) is 12.6. The van der Waals surface area contributed by atoms with Crippen LogP contribution < -0.4 is 5.32 Å². The summed E-state index contributed by atoms with van der Waals surface area (Å²) in [5, 5.41) is 12.7. The number of carboxylic acids is 1. The molecule has 0 amide bonds. The van der Waals surface area contributed by atoms with Gasteiger partial charge in [0, 0.05) is 25.2 Å². The Morgan fingerprint density at radius 1 is 1.58 bits per heavy atom. The zero-order valence-corrected chi connectivity index (χ0v) is 12.6. The van der Waals surface area contributed by atoms with E-state index in [0.717, 1.165) is 26.0 Å². The average molecular weight is 272 g/mol. The molecule has 2 unspecified atom stereocenters. The summed E-state index contributed by atoms with van der Waals surface area (Å²) in [4.78, 5) is 13.7. The third-order valence-corrected chi connectivity index (χ3v) is 3.82. The van der Waals surface area contributed by atoms with E-state index < -0.39 is 11.5 Å². The van der Waals surface area contributed by atoms with Crippen LogP contribution in [-0.2, 0) is 9.53 Å². The number of ether oxygens (including phenoxy) is 1. The highest BCUT2D eigenvalue weighted by Crippen LogP contribution is 2.25. The molecule has 112 valence electrons. The van der Waals surface area contributed by atoms with E-state index in [1.807, 2.05) is 14.0 Å². The quantitative estimate of drug-likeness (QED) is 0.587. The topological polar surface area (TPSA) is 61.8 Å². The largest absolute Gasteiger partial charge is 0.480 e. The Kier molecular flexibility index (Phi) is 6.23. The van der Waals surface area contributed by atoms with Gasteiger partial charge in [0.25, 0.3) is 0 Å². The van der Waals surface area contributed by atoms with Crippen molar-refractivity contribution in [3.05, 3.63) is 0 Å². The third-order valence-electron chi connectivity index (χ3n) is 3.82. The van der Waals surface area contributed by atoms with Gasteiger partial charge in [0.05, 0.1) is 6.61 Å². The number of likely N-dealkylation sites (N-methyl/N-ethyl adjacent to an activating group) is 1. The third kappa shape index (κ3) is 5.47. The number of hydrogen-bond acceptors (Lipinski definition) is 4. The van der Waals surface area contributed by atoms with E-state index in [9.17, 15) is 9.90 Å². The van der Waals surface area contributed by atoms with Gasteiger partial charge in [-0.1, -0.05) is 0 Å². The molecule has 0 aliphatic heterocycles. The Morgan fingerprint density at radius 3 is 2.68 bits per heavy atom. The van der Waals surface area contributed by atoms with Crippen molar-refractivity contribution in [3.63, 3.8) is 0 Å². The van der Waals surface area contributed by atoms with Gasteiger partial charge < -0.3 is 14.7 Å². The molecular weight excluding hydrogens is 244 g/mol. The van der Waals surface area contributed by atoms with Crippen LogP contribution in [0.2, 0.25) is 0 Å². The smallest absolute Gasteiger partial charge is 0.323 e. The first-order valence-electron chi connectivity index (χ1n) is 7.18. The van der Waals surface area contributed by atoms with E-state index in [1.165, 1.54) is 0 Å². The fourth-order valence-electron chi connectivity index (χ4n) is 2.21. The van der Waals surface area contributed by atoms with Crippen molar-refractivity contribution in [2.45, 2.75) is 57.7 Å². The summed E-state index contributed by atoms with van der Waals surface area (Å²) in [6, 6.07) is 0.592. The molecule has 0 radical (unpaired) electrons. The number of carbonyl (C=O) groups is 1. The molecule has 2 N–H and O–H groups in total. The lowest BCUT2D eigenvalue weighted by Crippen LogP contribution is -2.54. The second kappa shape index (κ2) is 7.22. The second-order valence-electron chi connectivity index (χ2n) is 5.79. The van der Waals surface area contributed by atoms with E-state index in [2.05, 4.69) is 17.1 Å². The van der Waals surface area contributed by atoms with Crippen LogP contribution in [0.1, 0.15) is 40.0 Å². The van der Waals surface area contributed by atoms with Crippen molar-refractivity contribution in [2.75, 3.05) is 26.8 Å². The minimum absolute atomic E-state index is 0.202. The molecule has 0 heterocycles. The van der Waals surface area contributed by atoms with E-state index in [-0.39, 0.29) is 6.04 Å². The summed E-state index contributed by atoms with van der Waals surface area (Å²) in [6.45, 7) is 8.08. The van der Waals surface area contributed by atoms with Crippen molar-refractivity contribution < 1.29 is 14.6 Å². The average Bonchev–Trinajstić information content (AvgIpc) is 3.12. The van der Waals surface area contributed by atoms with Crippen LogP contribution in [0.15, 0.2) is 0 Å². The monoisotopic (exact) mass is 272 g/mol. The molecule has 0 saturated heterocycles. The predicted octanol–water partition coefficient (Wildman–Crippen LogP) is 1.33. The van der Waals surface area contributed by atoms with Crippen molar-refractivity contribution in [2.24, 2.45) is 0 Å². The van der Waals surface area contributed by atoms with Gasteiger partial charge in [0.1, 0.15) is 5.54 Å². The van der Waals surface area contributed by atoms with Crippen LogP contribution in [0.25, 0.3) is 0 Å². The maximum absolute atomic E-state index is 11.5. The maximum atomic E-state index is 11.5.